The van der Waals surface area contributed by atoms with E-state index in [0.717, 1.165) is 5.57 Å². The van der Waals surface area contributed by atoms with Crippen LogP contribution in [0.25, 0.3) is 5.57 Å². The number of rotatable bonds is 4. The summed E-state index contributed by atoms with van der Waals surface area (Å²) in [6, 6.07) is 0. The lowest BCUT2D eigenvalue weighted by Crippen LogP contribution is -1.96. The molecule has 0 aromatic carbocycles. The van der Waals surface area contributed by atoms with Crippen molar-refractivity contribution in [1.29, 1.82) is 0 Å². The average molecular weight is 204 g/mol. The number of H-pyrrole nitrogens is 1. The molecule has 2 N–H and O–H groups in total. The Bertz CT molecular complexity index is 428. The highest BCUT2D eigenvalue weighted by Crippen LogP contribution is 2.11. The van der Waals surface area contributed by atoms with Crippen molar-refractivity contribution < 1.29 is 9.90 Å². The molecule has 78 valence electrons. The molecule has 1 rings (SSSR count). The molecule has 4 heteroatoms. The molecule has 1 aromatic heterocycles. The fourth-order valence-corrected chi connectivity index (χ4v) is 1.02. The summed E-state index contributed by atoms with van der Waals surface area (Å²) in [5.74, 6) is -0.524. The van der Waals surface area contributed by atoms with Crippen molar-refractivity contribution in [2.24, 2.45) is 0 Å². The fraction of sp³-hybridized carbons (Fsp3) is 0.0909. The van der Waals surface area contributed by atoms with Gasteiger partial charge in [0.1, 0.15) is 11.5 Å². The van der Waals surface area contributed by atoms with Crippen LogP contribution in [0.1, 0.15) is 23.2 Å². The first-order valence-corrected chi connectivity index (χ1v) is 4.43. The first-order valence-electron chi connectivity index (χ1n) is 4.43. The molecule has 0 aliphatic carbocycles. The summed E-state index contributed by atoms with van der Waals surface area (Å²) in [4.78, 5) is 17.2. The SMILES string of the molecule is C=C/C(=C\C=C/C)c1ncc(C(=O)O)[nH]1. The Morgan fingerprint density at radius 3 is 2.87 bits per heavy atom. The monoisotopic (exact) mass is 204 g/mol. The summed E-state index contributed by atoms with van der Waals surface area (Å²) in [7, 11) is 0. The number of aromatic amines is 1. The molecule has 0 radical (unpaired) electrons. The van der Waals surface area contributed by atoms with E-state index >= 15 is 0 Å². The number of carbonyl (C=O) groups is 1. The maximum atomic E-state index is 10.6. The molecule has 0 saturated carbocycles. The van der Waals surface area contributed by atoms with E-state index in [1.54, 1.807) is 12.2 Å². The number of hydrogen-bond donors (Lipinski definition) is 2. The van der Waals surface area contributed by atoms with Gasteiger partial charge in [-0.2, -0.15) is 0 Å². The molecule has 0 fully saturated rings. The first-order chi connectivity index (χ1) is 7.19. The van der Waals surface area contributed by atoms with E-state index in [-0.39, 0.29) is 5.69 Å². The van der Waals surface area contributed by atoms with Crippen molar-refractivity contribution in [2.75, 3.05) is 0 Å². The van der Waals surface area contributed by atoms with Crippen molar-refractivity contribution in [2.45, 2.75) is 6.92 Å². The Hall–Kier alpha value is -2.10. The van der Waals surface area contributed by atoms with E-state index in [9.17, 15) is 4.79 Å². The van der Waals surface area contributed by atoms with Crippen LogP contribution in [0.2, 0.25) is 0 Å². The highest BCUT2D eigenvalue weighted by molar-refractivity contribution is 5.86. The normalized spacial score (nSPS) is 11.9. The zero-order valence-electron chi connectivity index (χ0n) is 8.40. The largest absolute Gasteiger partial charge is 0.477 e. The van der Waals surface area contributed by atoms with Crippen LogP contribution in [0.3, 0.4) is 0 Å². The Morgan fingerprint density at radius 2 is 2.40 bits per heavy atom. The van der Waals surface area contributed by atoms with Crippen LogP contribution in [0.15, 0.2) is 37.1 Å². The molecular weight excluding hydrogens is 192 g/mol. The van der Waals surface area contributed by atoms with Crippen molar-refractivity contribution in [3.8, 4) is 0 Å². The van der Waals surface area contributed by atoms with Crippen LogP contribution in [-0.2, 0) is 0 Å². The van der Waals surface area contributed by atoms with Crippen LogP contribution >= 0.6 is 0 Å². The van der Waals surface area contributed by atoms with E-state index in [2.05, 4.69) is 16.5 Å². The van der Waals surface area contributed by atoms with Crippen molar-refractivity contribution >= 4 is 11.5 Å². The topological polar surface area (TPSA) is 66.0 Å². The predicted octanol–water partition coefficient (Wildman–Crippen LogP) is 2.25. The lowest BCUT2D eigenvalue weighted by molar-refractivity contribution is 0.0691. The third-order valence-electron chi connectivity index (χ3n) is 1.77. The zero-order valence-corrected chi connectivity index (χ0v) is 8.40. The number of hydrogen-bond acceptors (Lipinski definition) is 2. The standard InChI is InChI=1S/C11H12N2O2/c1-3-5-6-8(4-2)10-12-7-9(13-10)11(14)15/h3-7H,2H2,1H3,(H,12,13)(H,14,15)/b5-3-,8-6+. The van der Waals surface area contributed by atoms with Gasteiger partial charge in [0.25, 0.3) is 0 Å². The molecule has 0 spiro atoms. The number of nitrogens with zero attached hydrogens (tertiary/aromatic N) is 1. The maximum Gasteiger partial charge on any atom is 0.353 e. The number of carboxylic acid groups (broad SMARTS) is 1. The zero-order chi connectivity index (χ0) is 11.3. The molecule has 0 bridgehead atoms. The summed E-state index contributed by atoms with van der Waals surface area (Å²) >= 11 is 0. The second kappa shape index (κ2) is 4.95. The second-order valence-electron chi connectivity index (χ2n) is 2.80. The van der Waals surface area contributed by atoms with E-state index < -0.39 is 5.97 Å². The van der Waals surface area contributed by atoms with Gasteiger partial charge in [0.2, 0.25) is 0 Å². The minimum Gasteiger partial charge on any atom is -0.477 e. The molecule has 15 heavy (non-hydrogen) atoms. The molecular formula is C11H12N2O2. The molecule has 0 amide bonds. The number of aromatic nitrogens is 2. The van der Waals surface area contributed by atoms with E-state index in [1.807, 2.05) is 19.1 Å². The Balaban J connectivity index is 3.03. The predicted molar refractivity (Wildman–Crippen MR) is 58.5 cm³/mol. The van der Waals surface area contributed by atoms with Gasteiger partial charge in [-0.25, -0.2) is 9.78 Å². The van der Waals surface area contributed by atoms with Gasteiger partial charge in [0.05, 0.1) is 6.20 Å². The number of allylic oxidation sites excluding steroid dienone is 5. The highest BCUT2D eigenvalue weighted by Gasteiger charge is 2.08. The maximum absolute atomic E-state index is 10.6. The molecule has 1 aromatic rings. The molecule has 1 heterocycles. The van der Waals surface area contributed by atoms with Gasteiger partial charge in [-0.15, -0.1) is 0 Å². The van der Waals surface area contributed by atoms with E-state index in [1.165, 1.54) is 6.20 Å². The number of imidazole rings is 1. The molecule has 0 saturated heterocycles. The lowest BCUT2D eigenvalue weighted by atomic mass is 10.2. The van der Waals surface area contributed by atoms with Gasteiger partial charge < -0.3 is 10.1 Å². The smallest absolute Gasteiger partial charge is 0.353 e. The van der Waals surface area contributed by atoms with Crippen molar-refractivity contribution in [3.05, 3.63) is 48.6 Å². The van der Waals surface area contributed by atoms with Crippen LogP contribution in [0, 0.1) is 0 Å². The van der Waals surface area contributed by atoms with Gasteiger partial charge >= 0.3 is 5.97 Å². The molecule has 0 aliphatic heterocycles. The van der Waals surface area contributed by atoms with E-state index in [0.29, 0.717) is 5.82 Å². The Kier molecular flexibility index (Phi) is 3.62. The van der Waals surface area contributed by atoms with Gasteiger partial charge in [0.15, 0.2) is 0 Å². The minimum atomic E-state index is -1.02. The van der Waals surface area contributed by atoms with Crippen molar-refractivity contribution in [3.63, 3.8) is 0 Å². The number of nitrogens with one attached hydrogen (secondary N) is 1. The van der Waals surface area contributed by atoms with Crippen LogP contribution in [-0.4, -0.2) is 21.0 Å². The van der Waals surface area contributed by atoms with Crippen LogP contribution in [0.5, 0.6) is 0 Å². The summed E-state index contributed by atoms with van der Waals surface area (Å²) in [5, 5.41) is 8.70. The summed E-state index contributed by atoms with van der Waals surface area (Å²) in [6.07, 6.45) is 8.40. The second-order valence-corrected chi connectivity index (χ2v) is 2.80. The lowest BCUT2D eigenvalue weighted by Gasteiger charge is -1.94. The minimum absolute atomic E-state index is 0.0678. The van der Waals surface area contributed by atoms with Crippen molar-refractivity contribution in [1.82, 2.24) is 9.97 Å². The average Bonchev–Trinajstić information content (AvgIpc) is 2.68. The summed E-state index contributed by atoms with van der Waals surface area (Å²) < 4.78 is 0. The summed E-state index contributed by atoms with van der Waals surface area (Å²) in [6.45, 7) is 5.53. The van der Waals surface area contributed by atoms with Gasteiger partial charge in [0, 0.05) is 5.57 Å². The van der Waals surface area contributed by atoms with Gasteiger partial charge in [-0.05, 0) is 6.92 Å². The van der Waals surface area contributed by atoms with Crippen LogP contribution < -0.4 is 0 Å². The Labute approximate surface area is 87.7 Å². The van der Waals surface area contributed by atoms with Crippen LogP contribution in [0.4, 0.5) is 0 Å². The molecule has 0 unspecified atom stereocenters. The number of aromatic carboxylic acids is 1. The van der Waals surface area contributed by atoms with Gasteiger partial charge in [-0.1, -0.05) is 30.9 Å². The third kappa shape index (κ3) is 2.67. The highest BCUT2D eigenvalue weighted by atomic mass is 16.4. The number of carboxylic acids is 1. The molecule has 4 nitrogen and oxygen atoms in total. The molecule has 0 atom stereocenters. The van der Waals surface area contributed by atoms with E-state index in [4.69, 9.17) is 5.11 Å². The third-order valence-corrected chi connectivity index (χ3v) is 1.77. The quantitative estimate of drug-likeness (QED) is 0.739. The summed E-state index contributed by atoms with van der Waals surface area (Å²) in [5.41, 5.74) is 0.818. The fourth-order valence-electron chi connectivity index (χ4n) is 1.02. The first kappa shape index (κ1) is 11.0. The van der Waals surface area contributed by atoms with Gasteiger partial charge in [-0.3, -0.25) is 0 Å². The Morgan fingerprint density at radius 1 is 1.67 bits per heavy atom. The molecule has 0 aliphatic rings.